The Bertz CT molecular complexity index is 918. The van der Waals surface area contributed by atoms with Crippen molar-refractivity contribution in [3.63, 3.8) is 0 Å². The minimum atomic E-state index is -2.95. The van der Waals surface area contributed by atoms with E-state index in [4.69, 9.17) is 15.6 Å². The highest BCUT2D eigenvalue weighted by Gasteiger charge is 2.50. The highest BCUT2D eigenvalue weighted by atomic mass is 19.3. The van der Waals surface area contributed by atoms with Gasteiger partial charge in [0.2, 0.25) is 0 Å². The van der Waals surface area contributed by atoms with Crippen LogP contribution in [0.2, 0.25) is 0 Å². The van der Waals surface area contributed by atoms with Crippen LogP contribution in [0, 0.1) is 11.8 Å². The monoisotopic (exact) mass is 419 g/mol. The van der Waals surface area contributed by atoms with Gasteiger partial charge in [0.05, 0.1) is 24.9 Å². The second-order valence-electron chi connectivity index (χ2n) is 8.91. The quantitative estimate of drug-likeness (QED) is 0.775. The third-order valence-corrected chi connectivity index (χ3v) is 6.69. The number of hydrogen-bond acceptors (Lipinski definition) is 6. The number of ether oxygens (including phenoxy) is 2. The minimum Gasteiger partial charge on any atom is -0.431 e. The van der Waals surface area contributed by atoms with Crippen molar-refractivity contribution in [1.82, 2.24) is 19.7 Å². The summed E-state index contributed by atoms with van der Waals surface area (Å²) in [7, 11) is 0. The summed E-state index contributed by atoms with van der Waals surface area (Å²) in [6.45, 7) is 5.18. The van der Waals surface area contributed by atoms with Gasteiger partial charge in [0.15, 0.2) is 11.6 Å². The summed E-state index contributed by atoms with van der Waals surface area (Å²) >= 11 is 0. The summed E-state index contributed by atoms with van der Waals surface area (Å²) in [4.78, 5) is 6.60. The van der Waals surface area contributed by atoms with Gasteiger partial charge < -0.3 is 15.2 Å². The average Bonchev–Trinajstić information content (AvgIpc) is 3.06. The number of pyridine rings is 1. The Morgan fingerprint density at radius 2 is 1.93 bits per heavy atom. The van der Waals surface area contributed by atoms with Crippen LogP contribution in [0.3, 0.4) is 0 Å². The lowest BCUT2D eigenvalue weighted by Gasteiger charge is -2.56. The molecule has 162 valence electrons. The highest BCUT2D eigenvalue weighted by molar-refractivity contribution is 5.64. The third-order valence-electron chi connectivity index (χ3n) is 6.69. The van der Waals surface area contributed by atoms with Gasteiger partial charge in [0.25, 0.3) is 0 Å². The molecule has 2 N–H and O–H groups in total. The first-order valence-corrected chi connectivity index (χ1v) is 10.5. The van der Waals surface area contributed by atoms with Crippen molar-refractivity contribution in [2.24, 2.45) is 11.8 Å². The molecule has 4 fully saturated rings. The number of nitrogens with zero attached hydrogens (tertiary/aromatic N) is 4. The Morgan fingerprint density at radius 3 is 2.53 bits per heavy atom. The fraction of sp³-hybridized carbons (Fsp3) is 0.619. The predicted molar refractivity (Wildman–Crippen MR) is 107 cm³/mol. The van der Waals surface area contributed by atoms with Crippen molar-refractivity contribution in [2.75, 3.05) is 32.0 Å². The second-order valence-corrected chi connectivity index (χ2v) is 8.91. The number of rotatable bonds is 6. The van der Waals surface area contributed by atoms with Gasteiger partial charge in [-0.2, -0.15) is 13.9 Å². The standard InChI is InChI=1S/C21H27F2N5O2/c1-11(2)28-17(19-13-3-14(19)8-27(7-13)15-9-29-10-15)5-16(26-28)12-4-18(30-21(22)23)20(24)25-6-12/h4-6,11,13-15,19,21H,3,7-10H2,1-2H3,(H2,24,25). The first-order chi connectivity index (χ1) is 14.4. The first kappa shape index (κ1) is 19.7. The molecule has 1 aliphatic carbocycles. The zero-order valence-electron chi connectivity index (χ0n) is 17.2. The topological polar surface area (TPSA) is 78.4 Å². The van der Waals surface area contributed by atoms with E-state index >= 15 is 0 Å². The van der Waals surface area contributed by atoms with Crippen LogP contribution in [0.5, 0.6) is 5.75 Å². The molecule has 4 aliphatic rings. The SMILES string of the molecule is CC(C)n1nc(-c2cnc(N)c(OC(F)F)c2)cc1C1C2CC1CN(C1COC1)C2. The smallest absolute Gasteiger partial charge is 0.387 e. The number of nitrogens with two attached hydrogens (primary N) is 1. The van der Waals surface area contributed by atoms with Crippen LogP contribution in [-0.2, 0) is 4.74 Å². The number of piperidine rings is 2. The minimum absolute atomic E-state index is 0.0591. The van der Waals surface area contributed by atoms with E-state index < -0.39 is 6.61 Å². The van der Waals surface area contributed by atoms with Gasteiger partial charge in [-0.05, 0) is 44.2 Å². The van der Waals surface area contributed by atoms with E-state index in [0.717, 1.165) is 26.3 Å². The Morgan fingerprint density at radius 1 is 1.20 bits per heavy atom. The Balaban J connectivity index is 1.43. The van der Waals surface area contributed by atoms with E-state index in [1.54, 1.807) is 6.20 Å². The molecule has 5 heterocycles. The van der Waals surface area contributed by atoms with Crippen molar-refractivity contribution in [2.45, 2.75) is 44.9 Å². The summed E-state index contributed by atoms with van der Waals surface area (Å²) in [5.41, 5.74) is 8.24. The van der Waals surface area contributed by atoms with Gasteiger partial charge in [-0.3, -0.25) is 9.58 Å². The van der Waals surface area contributed by atoms with Gasteiger partial charge >= 0.3 is 6.61 Å². The van der Waals surface area contributed by atoms with Crippen LogP contribution in [-0.4, -0.2) is 58.6 Å². The molecule has 2 atom stereocenters. The highest BCUT2D eigenvalue weighted by Crippen LogP contribution is 2.53. The molecular weight excluding hydrogens is 392 g/mol. The van der Waals surface area contributed by atoms with Crippen molar-refractivity contribution < 1.29 is 18.3 Å². The lowest BCUT2D eigenvalue weighted by molar-refractivity contribution is -0.114. The van der Waals surface area contributed by atoms with Gasteiger partial charge in [-0.15, -0.1) is 0 Å². The maximum atomic E-state index is 12.7. The van der Waals surface area contributed by atoms with Crippen molar-refractivity contribution in [1.29, 1.82) is 0 Å². The van der Waals surface area contributed by atoms with Crippen LogP contribution < -0.4 is 10.5 Å². The number of hydrogen-bond donors (Lipinski definition) is 1. The maximum absolute atomic E-state index is 12.7. The van der Waals surface area contributed by atoms with Crippen molar-refractivity contribution >= 4 is 5.82 Å². The predicted octanol–water partition coefficient (Wildman–Crippen LogP) is 3.14. The van der Waals surface area contributed by atoms with E-state index in [9.17, 15) is 8.78 Å². The molecule has 2 aromatic rings. The number of halogens is 2. The zero-order chi connectivity index (χ0) is 21.0. The summed E-state index contributed by atoms with van der Waals surface area (Å²) in [6, 6.07) is 4.36. The number of fused-ring (bicyclic) bond motifs is 2. The number of alkyl halides is 2. The molecule has 30 heavy (non-hydrogen) atoms. The fourth-order valence-corrected chi connectivity index (χ4v) is 5.14. The summed E-state index contributed by atoms with van der Waals surface area (Å²) in [5.74, 6) is 1.53. The van der Waals surface area contributed by atoms with E-state index in [1.807, 2.05) is 0 Å². The summed E-state index contributed by atoms with van der Waals surface area (Å²) in [6.07, 6.45) is 2.81. The summed E-state index contributed by atoms with van der Waals surface area (Å²) in [5, 5.41) is 4.80. The van der Waals surface area contributed by atoms with Gasteiger partial charge in [-0.1, -0.05) is 0 Å². The molecule has 3 aliphatic heterocycles. The average molecular weight is 419 g/mol. The lowest BCUT2D eigenvalue weighted by atomic mass is 9.60. The Kier molecular flexibility index (Phi) is 4.89. The Labute approximate surface area is 174 Å². The number of nitrogen functional groups attached to an aromatic ring is 1. The van der Waals surface area contributed by atoms with Crippen LogP contribution in [0.25, 0.3) is 11.3 Å². The molecule has 0 amide bonds. The van der Waals surface area contributed by atoms with Crippen molar-refractivity contribution in [3.05, 3.63) is 24.0 Å². The van der Waals surface area contributed by atoms with Crippen LogP contribution in [0.4, 0.5) is 14.6 Å². The van der Waals surface area contributed by atoms with E-state index in [0.29, 0.717) is 35.1 Å². The lowest BCUT2D eigenvalue weighted by Crippen LogP contribution is -2.61. The van der Waals surface area contributed by atoms with Crippen LogP contribution >= 0.6 is 0 Å². The van der Waals surface area contributed by atoms with E-state index in [2.05, 4.69) is 39.2 Å². The molecule has 1 saturated carbocycles. The first-order valence-electron chi connectivity index (χ1n) is 10.5. The van der Waals surface area contributed by atoms with Crippen molar-refractivity contribution in [3.8, 4) is 17.0 Å². The number of anilines is 1. The maximum Gasteiger partial charge on any atom is 0.387 e. The normalized spacial score (nSPS) is 26.7. The fourth-order valence-electron chi connectivity index (χ4n) is 5.14. The molecule has 0 aromatic carbocycles. The molecule has 2 bridgehead atoms. The molecule has 2 unspecified atom stereocenters. The molecule has 3 saturated heterocycles. The molecule has 6 rings (SSSR count). The summed E-state index contributed by atoms with van der Waals surface area (Å²) < 4.78 is 37.3. The van der Waals surface area contributed by atoms with Gasteiger partial charge in [-0.25, -0.2) is 4.98 Å². The van der Waals surface area contributed by atoms with Gasteiger partial charge in [0.1, 0.15) is 0 Å². The number of aromatic nitrogens is 3. The van der Waals surface area contributed by atoms with Gasteiger partial charge in [0, 0.05) is 42.5 Å². The van der Waals surface area contributed by atoms with Crippen LogP contribution in [0.1, 0.15) is 37.9 Å². The second kappa shape index (κ2) is 7.46. The molecule has 9 heteroatoms. The molecule has 2 aromatic heterocycles. The molecule has 0 radical (unpaired) electrons. The third kappa shape index (κ3) is 3.33. The molecule has 7 nitrogen and oxygen atoms in total. The molecule has 0 spiro atoms. The van der Waals surface area contributed by atoms with E-state index in [1.165, 1.54) is 18.2 Å². The molecular formula is C21H27F2N5O2. The van der Waals surface area contributed by atoms with Crippen LogP contribution in [0.15, 0.2) is 18.3 Å². The van der Waals surface area contributed by atoms with E-state index in [-0.39, 0.29) is 17.6 Å². The zero-order valence-corrected chi connectivity index (χ0v) is 17.2. The Hall–Kier alpha value is -2.26. The largest absolute Gasteiger partial charge is 0.431 e.